The number of carbonyl (C=O) groups is 1. The molecule has 0 unspecified atom stereocenters. The Morgan fingerprint density at radius 3 is 2.16 bits per heavy atom. The zero-order valence-electron chi connectivity index (χ0n) is 16.0. The van der Waals surface area contributed by atoms with Crippen LogP contribution in [0.15, 0.2) is 28.7 Å². The summed E-state index contributed by atoms with van der Waals surface area (Å²) in [6.07, 6.45) is 21.0. The summed E-state index contributed by atoms with van der Waals surface area (Å²) in [4.78, 5) is 10.5. The molecule has 0 fully saturated rings. The van der Waals surface area contributed by atoms with E-state index in [2.05, 4.69) is 19.1 Å². The molecule has 1 rings (SSSR count). The molecule has 0 saturated heterocycles. The lowest BCUT2D eigenvalue weighted by atomic mass is 10.1. The topological polar surface area (TPSA) is 39.4 Å². The average Bonchev–Trinajstić information content (AvgIpc) is 3.09. The second-order valence-electron chi connectivity index (χ2n) is 6.71. The molecule has 25 heavy (non-hydrogen) atoms. The lowest BCUT2D eigenvalue weighted by molar-refractivity contribution is 0.0986. The molecule has 3 nitrogen and oxygen atoms in total. The molecule has 3 heteroatoms. The first kappa shape index (κ1) is 21.7. The van der Waals surface area contributed by atoms with Crippen LogP contribution in [0, 0.1) is 0 Å². The van der Waals surface area contributed by atoms with Crippen molar-refractivity contribution in [1.29, 1.82) is 0 Å². The van der Waals surface area contributed by atoms with E-state index in [1.54, 1.807) is 12.1 Å². The smallest absolute Gasteiger partial charge is 0.185 e. The number of hydrogen-bond donors (Lipinski definition) is 0. The lowest BCUT2D eigenvalue weighted by Gasteiger charge is -2.03. The monoisotopic (exact) mass is 348 g/mol. The van der Waals surface area contributed by atoms with E-state index in [9.17, 15) is 4.79 Å². The average molecular weight is 349 g/mol. The first-order chi connectivity index (χ1) is 12.4. The molecule has 0 saturated carbocycles. The predicted octanol–water partition coefficient (Wildman–Crippen LogP) is 6.87. The van der Waals surface area contributed by atoms with Crippen molar-refractivity contribution < 1.29 is 13.9 Å². The Bertz CT molecular complexity index is 448. The highest BCUT2D eigenvalue weighted by Gasteiger charge is 2.00. The van der Waals surface area contributed by atoms with Crippen LogP contribution in [0.25, 0.3) is 0 Å². The van der Waals surface area contributed by atoms with Gasteiger partial charge in [-0.05, 0) is 44.2 Å². The van der Waals surface area contributed by atoms with Crippen LogP contribution in [0.2, 0.25) is 0 Å². The van der Waals surface area contributed by atoms with Crippen molar-refractivity contribution in [3.63, 3.8) is 0 Å². The van der Waals surface area contributed by atoms with Gasteiger partial charge >= 0.3 is 0 Å². The fraction of sp³-hybridized carbons (Fsp3) is 0.682. The highest BCUT2D eigenvalue weighted by atomic mass is 16.5. The van der Waals surface area contributed by atoms with E-state index in [0.29, 0.717) is 18.7 Å². The molecule has 0 aromatic carbocycles. The Labute approximate surface area is 153 Å². The summed E-state index contributed by atoms with van der Waals surface area (Å²) in [6, 6.07) is 3.47. The number of carbonyl (C=O) groups excluding carboxylic acids is 1. The first-order valence-corrected chi connectivity index (χ1v) is 10.1. The Hall–Kier alpha value is -1.35. The number of hydrogen-bond acceptors (Lipinski definition) is 3. The molecular formula is C22H36O3. The van der Waals surface area contributed by atoms with Crippen molar-refractivity contribution >= 4 is 6.29 Å². The minimum Gasteiger partial charge on any atom is -0.456 e. The molecule has 0 spiro atoms. The van der Waals surface area contributed by atoms with Crippen molar-refractivity contribution in [2.45, 2.75) is 90.6 Å². The molecule has 0 aliphatic rings. The highest BCUT2D eigenvalue weighted by molar-refractivity contribution is 5.70. The minimum absolute atomic E-state index is 0.366. The van der Waals surface area contributed by atoms with Crippen LogP contribution < -0.4 is 0 Å². The number of rotatable bonds is 17. The van der Waals surface area contributed by atoms with Crippen molar-refractivity contribution in [1.82, 2.24) is 0 Å². The number of aldehydes is 1. The largest absolute Gasteiger partial charge is 0.456 e. The minimum atomic E-state index is 0.366. The summed E-state index contributed by atoms with van der Waals surface area (Å²) in [5.74, 6) is 1.09. The third-order valence-electron chi connectivity index (χ3n) is 4.34. The van der Waals surface area contributed by atoms with E-state index in [0.717, 1.165) is 18.8 Å². The van der Waals surface area contributed by atoms with Gasteiger partial charge in [-0.15, -0.1) is 0 Å². The van der Waals surface area contributed by atoms with Crippen molar-refractivity contribution in [2.24, 2.45) is 0 Å². The van der Waals surface area contributed by atoms with Crippen LogP contribution in [0.3, 0.4) is 0 Å². The van der Waals surface area contributed by atoms with Gasteiger partial charge in [0.25, 0.3) is 0 Å². The van der Waals surface area contributed by atoms with E-state index in [1.807, 2.05) is 0 Å². The van der Waals surface area contributed by atoms with Gasteiger partial charge in [0, 0.05) is 6.61 Å². The van der Waals surface area contributed by atoms with Gasteiger partial charge in [-0.3, -0.25) is 4.79 Å². The van der Waals surface area contributed by atoms with Gasteiger partial charge in [-0.1, -0.05) is 64.0 Å². The van der Waals surface area contributed by atoms with Gasteiger partial charge in [0.15, 0.2) is 12.0 Å². The van der Waals surface area contributed by atoms with E-state index < -0.39 is 0 Å². The normalized spacial score (nSPS) is 11.4. The van der Waals surface area contributed by atoms with Gasteiger partial charge in [0.1, 0.15) is 12.4 Å². The summed E-state index contributed by atoms with van der Waals surface area (Å²) in [6.45, 7) is 3.48. The lowest BCUT2D eigenvalue weighted by Crippen LogP contribution is -1.94. The second kappa shape index (κ2) is 16.1. The molecule has 0 aliphatic heterocycles. The molecule has 0 amide bonds. The first-order valence-electron chi connectivity index (χ1n) is 10.1. The van der Waals surface area contributed by atoms with Crippen LogP contribution in [0.5, 0.6) is 0 Å². The Morgan fingerprint density at radius 2 is 1.52 bits per heavy atom. The maximum absolute atomic E-state index is 10.5. The molecule has 1 aromatic heterocycles. The van der Waals surface area contributed by atoms with Gasteiger partial charge in [-0.2, -0.15) is 0 Å². The summed E-state index contributed by atoms with van der Waals surface area (Å²) in [5.41, 5.74) is 0. The molecule has 0 atom stereocenters. The van der Waals surface area contributed by atoms with E-state index >= 15 is 0 Å². The molecule has 0 radical (unpaired) electrons. The Balaban J connectivity index is 1.78. The van der Waals surface area contributed by atoms with Gasteiger partial charge in [0.05, 0.1) is 0 Å². The van der Waals surface area contributed by atoms with Crippen LogP contribution in [0.1, 0.15) is 100 Å². The SMILES string of the molecule is CCCCCCC=CCCCCCCCCOCc1ccc(C=O)o1. The Morgan fingerprint density at radius 1 is 0.880 bits per heavy atom. The maximum atomic E-state index is 10.5. The van der Waals surface area contributed by atoms with Gasteiger partial charge in [-0.25, -0.2) is 0 Å². The second-order valence-corrected chi connectivity index (χ2v) is 6.71. The van der Waals surface area contributed by atoms with E-state index in [1.165, 1.54) is 70.6 Å². The fourth-order valence-electron chi connectivity index (χ4n) is 2.81. The standard InChI is InChI=1S/C22H36O3/c1-2-3-4-5-6-7-8-9-10-11-12-13-14-15-18-24-20-22-17-16-21(19-23)25-22/h7-8,16-17,19H,2-6,9-15,18,20H2,1H3. The fourth-order valence-corrected chi connectivity index (χ4v) is 2.81. The third-order valence-corrected chi connectivity index (χ3v) is 4.34. The molecule has 1 heterocycles. The summed E-state index contributed by atoms with van der Waals surface area (Å²) in [5, 5.41) is 0. The van der Waals surface area contributed by atoms with Gasteiger partial charge in [0.2, 0.25) is 0 Å². The number of furan rings is 1. The number of allylic oxidation sites excluding steroid dienone is 2. The van der Waals surface area contributed by atoms with Crippen molar-refractivity contribution in [2.75, 3.05) is 6.61 Å². The molecule has 1 aromatic rings. The van der Waals surface area contributed by atoms with Crippen LogP contribution in [0.4, 0.5) is 0 Å². The van der Waals surface area contributed by atoms with E-state index in [-0.39, 0.29) is 0 Å². The third kappa shape index (κ3) is 12.6. The van der Waals surface area contributed by atoms with Crippen LogP contribution in [-0.4, -0.2) is 12.9 Å². The van der Waals surface area contributed by atoms with Gasteiger partial charge < -0.3 is 9.15 Å². The molecule has 0 aliphatic carbocycles. The zero-order chi connectivity index (χ0) is 18.0. The van der Waals surface area contributed by atoms with Crippen LogP contribution >= 0.6 is 0 Å². The highest BCUT2D eigenvalue weighted by Crippen LogP contribution is 2.10. The zero-order valence-corrected chi connectivity index (χ0v) is 16.0. The van der Waals surface area contributed by atoms with Crippen LogP contribution in [-0.2, 0) is 11.3 Å². The van der Waals surface area contributed by atoms with Crippen molar-refractivity contribution in [3.8, 4) is 0 Å². The molecular weight excluding hydrogens is 312 g/mol. The maximum Gasteiger partial charge on any atom is 0.185 e. The summed E-state index contributed by atoms with van der Waals surface area (Å²) in [7, 11) is 0. The van der Waals surface area contributed by atoms with E-state index in [4.69, 9.17) is 9.15 Å². The summed E-state index contributed by atoms with van der Waals surface area (Å²) >= 11 is 0. The quantitative estimate of drug-likeness (QED) is 0.175. The molecule has 0 bridgehead atoms. The van der Waals surface area contributed by atoms with Crippen molar-refractivity contribution in [3.05, 3.63) is 35.8 Å². The molecule has 0 N–H and O–H groups in total. The Kier molecular flexibility index (Phi) is 14.0. The number of ether oxygens (including phenoxy) is 1. The molecule has 142 valence electrons. The number of unbranched alkanes of at least 4 members (excludes halogenated alkanes) is 10. The summed E-state index contributed by atoms with van der Waals surface area (Å²) < 4.78 is 10.8. The predicted molar refractivity (Wildman–Crippen MR) is 104 cm³/mol.